The molecule has 0 aliphatic heterocycles. The Balaban J connectivity index is 0.00000392. The van der Waals surface area contributed by atoms with Crippen LogP contribution in [0.2, 0.25) is 10.0 Å². The van der Waals surface area contributed by atoms with Crippen LogP contribution in [0.5, 0.6) is 0 Å². The summed E-state index contributed by atoms with van der Waals surface area (Å²) in [6, 6.07) is 11.5. The monoisotopic (exact) mass is 438 g/mol. The number of benzene rings is 2. The van der Waals surface area contributed by atoms with Crippen LogP contribution in [0.4, 0.5) is 5.69 Å². The molecule has 0 aliphatic rings. The molecule has 0 unspecified atom stereocenters. The molecule has 0 heterocycles. The van der Waals surface area contributed by atoms with Gasteiger partial charge in [-0.3, -0.25) is 14.9 Å². The molecule has 0 spiro atoms. The van der Waals surface area contributed by atoms with Crippen LogP contribution in [0.1, 0.15) is 29.8 Å². The quantitative estimate of drug-likeness (QED) is 0.528. The first-order chi connectivity index (χ1) is 12.7. The van der Waals surface area contributed by atoms with Crippen molar-refractivity contribution in [3.63, 3.8) is 0 Å². The lowest BCUT2D eigenvalue weighted by Crippen LogP contribution is -2.45. The number of amides is 1. The molecule has 0 saturated carbocycles. The minimum absolute atomic E-state index is 0. The highest BCUT2D eigenvalue weighted by molar-refractivity contribution is 6.36. The molecule has 28 heavy (non-hydrogen) atoms. The fourth-order valence-corrected chi connectivity index (χ4v) is 2.77. The van der Waals surface area contributed by atoms with E-state index in [4.69, 9.17) is 29.6 Å². The van der Waals surface area contributed by atoms with Crippen molar-refractivity contribution >= 4 is 53.0 Å². The van der Waals surface area contributed by atoms with Gasteiger partial charge in [0.05, 0.1) is 22.8 Å². The zero-order chi connectivity index (χ0) is 20.2. The Morgan fingerprint density at radius 3 is 2.39 bits per heavy atom. The Hall–Kier alpha value is -2.03. The van der Waals surface area contributed by atoms with E-state index in [1.165, 1.54) is 11.0 Å². The van der Waals surface area contributed by atoms with Gasteiger partial charge < -0.3 is 4.90 Å². The lowest BCUT2D eigenvalue weighted by atomic mass is 10.0. The zero-order valence-electron chi connectivity index (χ0n) is 15.8. The molecule has 2 rings (SSSR count). The summed E-state index contributed by atoms with van der Waals surface area (Å²) in [7, 11) is 1.60. The predicted molar refractivity (Wildman–Crippen MR) is 118 cm³/mol. The Morgan fingerprint density at radius 2 is 1.79 bits per heavy atom. The van der Waals surface area contributed by atoms with E-state index in [1.54, 1.807) is 57.3 Å². The molecule has 0 radical (unpaired) electrons. The number of likely N-dealkylation sites (N-methyl/N-ethyl adjacent to an activating group) is 1. The summed E-state index contributed by atoms with van der Waals surface area (Å²) in [5.74, 6) is 2.02. The molecule has 2 aromatic carbocycles. The zero-order valence-corrected chi connectivity index (χ0v) is 18.1. The minimum Gasteiger partial charge on any atom is -0.314 e. The van der Waals surface area contributed by atoms with Crippen molar-refractivity contribution in [2.24, 2.45) is 0 Å². The van der Waals surface area contributed by atoms with Crippen molar-refractivity contribution in [3.8, 4) is 12.3 Å². The summed E-state index contributed by atoms with van der Waals surface area (Å²) in [4.78, 5) is 27.0. The van der Waals surface area contributed by atoms with Gasteiger partial charge in [0.1, 0.15) is 0 Å². The SMILES string of the molecule is C#CC(C)(C)NCC(=O)N(C)c1ccc(Cl)cc1C(=O)c1ccccc1Cl.Cl. The van der Waals surface area contributed by atoms with Crippen molar-refractivity contribution in [3.05, 3.63) is 63.6 Å². The van der Waals surface area contributed by atoms with Crippen molar-refractivity contribution in [1.29, 1.82) is 0 Å². The van der Waals surface area contributed by atoms with Crippen molar-refractivity contribution < 1.29 is 9.59 Å². The van der Waals surface area contributed by atoms with Crippen LogP contribution in [0, 0.1) is 12.3 Å². The van der Waals surface area contributed by atoms with Crippen molar-refractivity contribution in [2.75, 3.05) is 18.5 Å². The maximum Gasteiger partial charge on any atom is 0.240 e. The standard InChI is InChI=1S/C21H20Cl2N2O2.ClH/c1-5-21(2,3)24-13-19(26)25(4)18-11-10-14(22)12-16(18)20(27)15-8-6-7-9-17(15)23;/h1,6-12,24H,13H2,2-4H3;1H. The van der Waals surface area contributed by atoms with E-state index in [2.05, 4.69) is 11.2 Å². The fraction of sp³-hybridized carbons (Fsp3) is 0.238. The number of rotatable bonds is 6. The highest BCUT2D eigenvalue weighted by Crippen LogP contribution is 2.28. The molecule has 0 aromatic heterocycles. The Labute approximate surface area is 181 Å². The highest BCUT2D eigenvalue weighted by Gasteiger charge is 2.23. The fourth-order valence-electron chi connectivity index (χ4n) is 2.37. The Morgan fingerprint density at radius 1 is 1.14 bits per heavy atom. The normalized spacial score (nSPS) is 10.6. The van der Waals surface area contributed by atoms with Crippen LogP contribution in [0.15, 0.2) is 42.5 Å². The number of nitrogens with one attached hydrogen (secondary N) is 1. The minimum atomic E-state index is -0.618. The molecule has 4 nitrogen and oxygen atoms in total. The van der Waals surface area contributed by atoms with Crippen LogP contribution in [0.3, 0.4) is 0 Å². The van der Waals surface area contributed by atoms with Crippen LogP contribution in [0.25, 0.3) is 0 Å². The van der Waals surface area contributed by atoms with Gasteiger partial charge in [0.25, 0.3) is 0 Å². The van der Waals surface area contributed by atoms with E-state index in [-0.39, 0.29) is 30.6 Å². The first-order valence-corrected chi connectivity index (χ1v) is 9.00. The van der Waals surface area contributed by atoms with E-state index in [9.17, 15) is 9.59 Å². The number of ketones is 1. The molecule has 7 heteroatoms. The first kappa shape index (κ1) is 24.0. The molecule has 0 bridgehead atoms. The number of hydrogen-bond acceptors (Lipinski definition) is 3. The van der Waals surface area contributed by atoms with E-state index >= 15 is 0 Å². The average molecular weight is 440 g/mol. The number of anilines is 1. The number of nitrogens with zero attached hydrogens (tertiary/aromatic N) is 1. The topological polar surface area (TPSA) is 49.4 Å². The van der Waals surface area contributed by atoms with Gasteiger partial charge >= 0.3 is 0 Å². The van der Waals surface area contributed by atoms with Crippen LogP contribution >= 0.6 is 35.6 Å². The third-order valence-corrected chi connectivity index (χ3v) is 4.66. The van der Waals surface area contributed by atoms with E-state index < -0.39 is 5.54 Å². The summed E-state index contributed by atoms with van der Waals surface area (Å²) < 4.78 is 0. The molecule has 0 saturated heterocycles. The summed E-state index contributed by atoms with van der Waals surface area (Å²) >= 11 is 12.2. The van der Waals surface area contributed by atoms with Gasteiger partial charge in [0.15, 0.2) is 5.78 Å². The molecule has 0 atom stereocenters. The predicted octanol–water partition coefficient (Wildman–Crippen LogP) is 4.61. The van der Waals surface area contributed by atoms with E-state index in [0.29, 0.717) is 26.9 Å². The van der Waals surface area contributed by atoms with Crippen LogP contribution in [-0.2, 0) is 4.79 Å². The number of terminal acetylenes is 1. The highest BCUT2D eigenvalue weighted by atomic mass is 35.5. The summed E-state index contributed by atoms with van der Waals surface area (Å²) in [6.07, 6.45) is 5.43. The maximum absolute atomic E-state index is 13.0. The summed E-state index contributed by atoms with van der Waals surface area (Å²) in [5, 5.41) is 3.72. The lowest BCUT2D eigenvalue weighted by Gasteiger charge is -2.24. The third-order valence-electron chi connectivity index (χ3n) is 4.10. The molecule has 2 aromatic rings. The van der Waals surface area contributed by atoms with Gasteiger partial charge in [-0.1, -0.05) is 41.3 Å². The van der Waals surface area contributed by atoms with Gasteiger partial charge in [-0.15, -0.1) is 18.8 Å². The van der Waals surface area contributed by atoms with Gasteiger partial charge in [-0.2, -0.15) is 0 Å². The Kier molecular flexibility index (Phi) is 8.53. The summed E-state index contributed by atoms with van der Waals surface area (Å²) in [6.45, 7) is 3.62. The Bertz CT molecular complexity index is 920. The molecule has 0 fully saturated rings. The van der Waals surface area contributed by atoms with Crippen LogP contribution in [-0.4, -0.2) is 30.8 Å². The van der Waals surface area contributed by atoms with Gasteiger partial charge in [0.2, 0.25) is 5.91 Å². The van der Waals surface area contributed by atoms with Gasteiger partial charge in [0, 0.05) is 23.2 Å². The third kappa shape index (κ3) is 5.73. The number of hydrogen-bond donors (Lipinski definition) is 1. The largest absolute Gasteiger partial charge is 0.314 e. The second kappa shape index (κ2) is 9.95. The first-order valence-electron chi connectivity index (χ1n) is 8.24. The van der Waals surface area contributed by atoms with Crippen LogP contribution < -0.4 is 10.2 Å². The molecule has 1 amide bonds. The smallest absolute Gasteiger partial charge is 0.240 e. The molecule has 0 aliphatic carbocycles. The molecule has 148 valence electrons. The van der Waals surface area contributed by atoms with E-state index in [1.807, 2.05) is 0 Å². The lowest BCUT2D eigenvalue weighted by molar-refractivity contribution is -0.117. The molecule has 1 N–H and O–H groups in total. The van der Waals surface area contributed by atoms with E-state index in [0.717, 1.165) is 0 Å². The number of carbonyl (C=O) groups is 2. The number of carbonyl (C=O) groups excluding carboxylic acids is 2. The maximum atomic E-state index is 13.0. The van der Waals surface area contributed by atoms with Gasteiger partial charge in [-0.25, -0.2) is 0 Å². The number of halogens is 3. The average Bonchev–Trinajstić information content (AvgIpc) is 2.65. The van der Waals surface area contributed by atoms with Gasteiger partial charge in [-0.05, 0) is 44.2 Å². The second-order valence-corrected chi connectivity index (χ2v) is 7.39. The summed E-state index contributed by atoms with van der Waals surface area (Å²) in [5.41, 5.74) is 0.458. The second-order valence-electron chi connectivity index (χ2n) is 6.55. The van der Waals surface area contributed by atoms with Crippen molar-refractivity contribution in [2.45, 2.75) is 19.4 Å². The molecular weight excluding hydrogens is 419 g/mol. The molecular formula is C21H21Cl3N2O2. The van der Waals surface area contributed by atoms with Crippen molar-refractivity contribution in [1.82, 2.24) is 5.32 Å².